The molecule has 0 radical (unpaired) electrons. The van der Waals surface area contributed by atoms with Crippen molar-refractivity contribution in [1.82, 2.24) is 0 Å². The van der Waals surface area contributed by atoms with E-state index in [1.165, 1.54) is 6.07 Å². The van der Waals surface area contributed by atoms with Gasteiger partial charge in [0.2, 0.25) is 0 Å². The van der Waals surface area contributed by atoms with E-state index < -0.39 is 0 Å². The van der Waals surface area contributed by atoms with Crippen molar-refractivity contribution in [1.29, 1.82) is 0 Å². The predicted octanol–water partition coefficient (Wildman–Crippen LogP) is 2.70. The molecule has 1 N–H and O–H groups in total. The molecule has 1 aliphatic rings. The Bertz CT molecular complexity index is 324. The maximum atomic E-state index is 13.4. The summed E-state index contributed by atoms with van der Waals surface area (Å²) < 4.78 is 13.4. The minimum atomic E-state index is -0.232. The van der Waals surface area contributed by atoms with Gasteiger partial charge in [-0.3, -0.25) is 0 Å². The fourth-order valence-corrected chi connectivity index (χ4v) is 2.37. The van der Waals surface area contributed by atoms with Gasteiger partial charge in [-0.15, -0.1) is 0 Å². The zero-order valence-electron chi connectivity index (χ0n) is 8.28. The van der Waals surface area contributed by atoms with Crippen molar-refractivity contribution in [2.75, 3.05) is 0 Å². The topological polar surface area (TPSA) is 20.2 Å². The number of benzene rings is 1. The molecule has 14 heavy (non-hydrogen) atoms. The lowest BCUT2D eigenvalue weighted by Gasteiger charge is -2.41. The predicted molar refractivity (Wildman–Crippen MR) is 53.5 cm³/mol. The Hall–Kier alpha value is -0.890. The van der Waals surface area contributed by atoms with Crippen LogP contribution in [0.3, 0.4) is 0 Å². The molecule has 0 aliphatic heterocycles. The first-order valence-electron chi connectivity index (χ1n) is 5.16. The molecule has 1 saturated carbocycles. The molecule has 0 amide bonds. The Morgan fingerprint density at radius 2 is 2.14 bits per heavy atom. The van der Waals surface area contributed by atoms with Crippen LogP contribution in [0.1, 0.15) is 31.2 Å². The second kappa shape index (κ2) is 3.70. The molecule has 3 atom stereocenters. The molecule has 3 unspecified atom stereocenters. The van der Waals surface area contributed by atoms with E-state index >= 15 is 0 Å². The van der Waals surface area contributed by atoms with Gasteiger partial charge in [-0.25, -0.2) is 4.39 Å². The summed E-state index contributed by atoms with van der Waals surface area (Å²) in [6.45, 7) is 2.04. The van der Waals surface area contributed by atoms with Crippen molar-refractivity contribution >= 4 is 0 Å². The Kier molecular flexibility index (Phi) is 2.55. The molecular formula is C12H15FO. The molecule has 2 rings (SSSR count). The average molecular weight is 194 g/mol. The van der Waals surface area contributed by atoms with E-state index in [9.17, 15) is 9.50 Å². The standard InChI is InChI=1S/C12H15FO/c1-2-8-10(7-12(8)14)9-5-3-4-6-11(9)13/h3-6,8,10,12,14H,2,7H2,1H3. The molecule has 1 aliphatic carbocycles. The number of aliphatic hydroxyl groups is 1. The van der Waals surface area contributed by atoms with E-state index in [1.54, 1.807) is 6.07 Å². The van der Waals surface area contributed by atoms with Crippen molar-refractivity contribution in [3.8, 4) is 0 Å². The molecule has 0 heterocycles. The van der Waals surface area contributed by atoms with E-state index in [2.05, 4.69) is 0 Å². The van der Waals surface area contributed by atoms with Crippen LogP contribution in [-0.2, 0) is 0 Å². The van der Waals surface area contributed by atoms with Gasteiger partial charge in [0.1, 0.15) is 5.82 Å². The van der Waals surface area contributed by atoms with Crippen molar-refractivity contribution < 1.29 is 9.50 Å². The van der Waals surface area contributed by atoms with E-state index in [1.807, 2.05) is 19.1 Å². The van der Waals surface area contributed by atoms with Crippen molar-refractivity contribution in [2.24, 2.45) is 5.92 Å². The van der Waals surface area contributed by atoms with E-state index in [0.717, 1.165) is 12.0 Å². The number of hydrogen-bond acceptors (Lipinski definition) is 1. The SMILES string of the molecule is CCC1C(O)CC1c1ccccc1F. The summed E-state index contributed by atoms with van der Waals surface area (Å²) in [5.74, 6) is 0.325. The summed E-state index contributed by atoms with van der Waals surface area (Å²) >= 11 is 0. The minimum absolute atomic E-state index is 0.136. The highest BCUT2D eigenvalue weighted by atomic mass is 19.1. The van der Waals surface area contributed by atoms with Crippen molar-refractivity contribution in [3.05, 3.63) is 35.6 Å². The number of hydrogen-bond donors (Lipinski definition) is 1. The first-order valence-corrected chi connectivity index (χ1v) is 5.16. The third-order valence-corrected chi connectivity index (χ3v) is 3.28. The zero-order valence-corrected chi connectivity index (χ0v) is 8.28. The van der Waals surface area contributed by atoms with Crippen LogP contribution in [-0.4, -0.2) is 11.2 Å². The van der Waals surface area contributed by atoms with Gasteiger partial charge in [-0.05, 0) is 29.9 Å². The fraction of sp³-hybridized carbons (Fsp3) is 0.500. The first kappa shape index (κ1) is 9.66. The van der Waals surface area contributed by atoms with Crippen LogP contribution in [0.25, 0.3) is 0 Å². The van der Waals surface area contributed by atoms with Gasteiger partial charge in [0, 0.05) is 0 Å². The van der Waals surface area contributed by atoms with Crippen LogP contribution >= 0.6 is 0 Å². The molecule has 0 saturated heterocycles. The summed E-state index contributed by atoms with van der Waals surface area (Å²) in [5, 5.41) is 9.51. The van der Waals surface area contributed by atoms with Gasteiger partial charge in [0.15, 0.2) is 0 Å². The largest absolute Gasteiger partial charge is 0.393 e. The van der Waals surface area contributed by atoms with Crippen molar-refractivity contribution in [3.63, 3.8) is 0 Å². The van der Waals surface area contributed by atoms with E-state index in [-0.39, 0.29) is 23.8 Å². The van der Waals surface area contributed by atoms with Crippen molar-refractivity contribution in [2.45, 2.75) is 31.8 Å². The number of rotatable bonds is 2. The summed E-state index contributed by atoms with van der Waals surface area (Å²) in [5.41, 5.74) is 0.768. The molecule has 2 heteroatoms. The lowest BCUT2D eigenvalue weighted by Crippen LogP contribution is -2.39. The Labute approximate surface area is 83.6 Å². The molecule has 0 spiro atoms. The Morgan fingerprint density at radius 3 is 2.71 bits per heavy atom. The number of aliphatic hydroxyl groups excluding tert-OH is 1. The minimum Gasteiger partial charge on any atom is -0.393 e. The van der Waals surface area contributed by atoms with Gasteiger partial charge < -0.3 is 5.11 Å². The zero-order chi connectivity index (χ0) is 10.1. The van der Waals surface area contributed by atoms with Crippen LogP contribution in [0.4, 0.5) is 4.39 Å². The Balaban J connectivity index is 2.21. The maximum absolute atomic E-state index is 13.4. The molecular weight excluding hydrogens is 179 g/mol. The molecule has 1 aromatic carbocycles. The highest BCUT2D eigenvalue weighted by Crippen LogP contribution is 2.45. The molecule has 1 nitrogen and oxygen atoms in total. The lowest BCUT2D eigenvalue weighted by molar-refractivity contribution is -0.00182. The van der Waals surface area contributed by atoms with E-state index in [4.69, 9.17) is 0 Å². The summed E-state index contributed by atoms with van der Waals surface area (Å²) in [4.78, 5) is 0. The second-order valence-electron chi connectivity index (χ2n) is 4.00. The quantitative estimate of drug-likeness (QED) is 0.767. The first-order chi connectivity index (χ1) is 6.74. The fourth-order valence-electron chi connectivity index (χ4n) is 2.37. The van der Waals surface area contributed by atoms with Gasteiger partial charge >= 0.3 is 0 Å². The van der Waals surface area contributed by atoms with Crippen LogP contribution in [0, 0.1) is 11.7 Å². The lowest BCUT2D eigenvalue weighted by atomic mass is 9.66. The van der Waals surface area contributed by atoms with Crippen LogP contribution < -0.4 is 0 Å². The molecule has 76 valence electrons. The summed E-state index contributed by atoms with van der Waals surface area (Å²) in [6.07, 6.45) is 1.39. The van der Waals surface area contributed by atoms with Crippen LogP contribution in [0.2, 0.25) is 0 Å². The van der Waals surface area contributed by atoms with Gasteiger partial charge in [0.05, 0.1) is 6.10 Å². The van der Waals surface area contributed by atoms with Crippen LogP contribution in [0.15, 0.2) is 24.3 Å². The smallest absolute Gasteiger partial charge is 0.126 e. The second-order valence-corrected chi connectivity index (χ2v) is 4.00. The Morgan fingerprint density at radius 1 is 1.43 bits per heavy atom. The molecule has 0 aromatic heterocycles. The van der Waals surface area contributed by atoms with E-state index in [0.29, 0.717) is 6.42 Å². The third kappa shape index (κ3) is 1.44. The molecule has 1 fully saturated rings. The normalized spacial score (nSPS) is 31.2. The summed E-state index contributed by atoms with van der Waals surface area (Å²) in [7, 11) is 0. The molecule has 1 aromatic rings. The highest BCUT2D eigenvalue weighted by molar-refractivity contribution is 5.25. The third-order valence-electron chi connectivity index (χ3n) is 3.28. The maximum Gasteiger partial charge on any atom is 0.126 e. The number of halogens is 1. The average Bonchev–Trinajstić information content (AvgIpc) is 2.16. The highest BCUT2D eigenvalue weighted by Gasteiger charge is 2.40. The van der Waals surface area contributed by atoms with Gasteiger partial charge in [-0.1, -0.05) is 31.5 Å². The monoisotopic (exact) mass is 194 g/mol. The van der Waals surface area contributed by atoms with Crippen LogP contribution in [0.5, 0.6) is 0 Å². The van der Waals surface area contributed by atoms with Gasteiger partial charge in [0.25, 0.3) is 0 Å². The summed E-state index contributed by atoms with van der Waals surface area (Å²) in [6, 6.07) is 6.88. The van der Waals surface area contributed by atoms with Gasteiger partial charge in [-0.2, -0.15) is 0 Å². The molecule has 0 bridgehead atoms.